The first-order chi connectivity index (χ1) is 6.65. The molecule has 0 rings (SSSR count). The monoisotopic (exact) mass is 238 g/mol. The topological polar surface area (TPSA) is 124 Å². The van der Waals surface area contributed by atoms with Crippen LogP contribution in [0.3, 0.4) is 0 Å². The van der Waals surface area contributed by atoms with Crippen LogP contribution >= 0.6 is 7.82 Å². The highest BCUT2D eigenvalue weighted by atomic mass is 31.2. The van der Waals surface area contributed by atoms with E-state index < -0.39 is 31.3 Å². The highest BCUT2D eigenvalue weighted by molar-refractivity contribution is 7.48. The van der Waals surface area contributed by atoms with Gasteiger partial charge in [-0.25, -0.2) is 14.2 Å². The summed E-state index contributed by atoms with van der Waals surface area (Å²) in [6.45, 7) is 1.57. The van der Waals surface area contributed by atoms with E-state index in [0.717, 1.165) is 13.8 Å². The van der Waals surface area contributed by atoms with Gasteiger partial charge in [-0.15, -0.1) is 0 Å². The average Bonchev–Trinajstić information content (AvgIpc) is 2.01. The van der Waals surface area contributed by atoms with Gasteiger partial charge >= 0.3 is 19.8 Å². The first-order valence-electron chi connectivity index (χ1n) is 3.47. The zero-order valence-corrected chi connectivity index (χ0v) is 8.65. The van der Waals surface area contributed by atoms with Gasteiger partial charge in [0.15, 0.2) is 0 Å². The summed E-state index contributed by atoms with van der Waals surface area (Å²) in [5.41, 5.74) is 0. The lowest BCUT2D eigenvalue weighted by Crippen LogP contribution is -2.17. The molecule has 0 aromatic rings. The van der Waals surface area contributed by atoms with Crippen molar-refractivity contribution in [3.05, 3.63) is 0 Å². The maximum absolute atomic E-state index is 10.8. The number of Topliss-reactive ketones (excluding diaryl/α,β-unsaturated/α-hetero) is 2. The van der Waals surface area contributed by atoms with E-state index in [2.05, 4.69) is 9.05 Å². The first kappa shape index (κ1) is 13.5. The second-order valence-corrected chi connectivity index (χ2v) is 3.64. The van der Waals surface area contributed by atoms with Crippen molar-refractivity contribution in [1.29, 1.82) is 0 Å². The molecule has 0 amide bonds. The largest absolute Gasteiger partial charge is 0.589 e. The number of rotatable bonds is 4. The zero-order valence-electron chi connectivity index (χ0n) is 7.75. The molecule has 0 saturated heterocycles. The third kappa shape index (κ3) is 5.04. The second-order valence-electron chi connectivity index (χ2n) is 2.34. The molecule has 0 unspecified atom stereocenters. The van der Waals surface area contributed by atoms with Gasteiger partial charge in [0.25, 0.3) is 0 Å². The van der Waals surface area contributed by atoms with Crippen molar-refractivity contribution < 1.29 is 37.7 Å². The van der Waals surface area contributed by atoms with E-state index in [9.17, 15) is 23.7 Å². The third-order valence-corrected chi connectivity index (χ3v) is 1.76. The van der Waals surface area contributed by atoms with Gasteiger partial charge in [-0.05, 0) is 0 Å². The molecule has 84 valence electrons. The van der Waals surface area contributed by atoms with Crippen molar-refractivity contribution in [2.45, 2.75) is 13.8 Å². The molecule has 0 heterocycles. The summed E-state index contributed by atoms with van der Waals surface area (Å²) < 4.78 is 18.1. The Morgan fingerprint density at radius 3 is 1.40 bits per heavy atom. The number of phosphoric ester groups is 1. The molecular weight excluding hydrogens is 231 g/mol. The number of hydrogen-bond acceptors (Lipinski definition) is 7. The molecule has 1 N–H and O–H groups in total. The van der Waals surface area contributed by atoms with Gasteiger partial charge in [0.1, 0.15) is 0 Å². The summed E-state index contributed by atoms with van der Waals surface area (Å²) in [5, 5.41) is 0. The Bertz CT molecular complexity index is 337. The van der Waals surface area contributed by atoms with Crippen LogP contribution in [0.15, 0.2) is 0 Å². The molecule has 0 aliphatic carbocycles. The van der Waals surface area contributed by atoms with Gasteiger partial charge in [-0.3, -0.25) is 14.5 Å². The molecule has 15 heavy (non-hydrogen) atoms. The van der Waals surface area contributed by atoms with Crippen molar-refractivity contribution in [2.24, 2.45) is 0 Å². The van der Waals surface area contributed by atoms with Gasteiger partial charge in [0.05, 0.1) is 0 Å². The van der Waals surface area contributed by atoms with Crippen LogP contribution in [0, 0.1) is 0 Å². The van der Waals surface area contributed by atoms with Crippen LogP contribution < -0.4 is 0 Å². The molecule has 0 aliphatic rings. The average molecular weight is 238 g/mol. The van der Waals surface area contributed by atoms with Crippen LogP contribution in [0.2, 0.25) is 0 Å². The van der Waals surface area contributed by atoms with Crippen LogP contribution in [0.5, 0.6) is 0 Å². The smallest absolute Gasteiger partial charge is 0.355 e. The summed E-state index contributed by atoms with van der Waals surface area (Å²) in [6.07, 6.45) is 0. The van der Waals surface area contributed by atoms with Gasteiger partial charge in [0.2, 0.25) is 11.6 Å². The predicted octanol–water partition coefficient (Wildman–Crippen LogP) is -0.649. The Morgan fingerprint density at radius 1 is 0.933 bits per heavy atom. The Morgan fingerprint density at radius 2 is 1.20 bits per heavy atom. The lowest BCUT2D eigenvalue weighted by atomic mass is 10.5. The fourth-order valence-electron chi connectivity index (χ4n) is 0.357. The van der Waals surface area contributed by atoms with E-state index in [1.54, 1.807) is 0 Å². The van der Waals surface area contributed by atoms with Crippen molar-refractivity contribution >= 4 is 31.3 Å². The Kier molecular flexibility index (Phi) is 4.32. The number of ketones is 2. The lowest BCUT2D eigenvalue weighted by molar-refractivity contribution is -0.151. The van der Waals surface area contributed by atoms with Crippen LogP contribution in [0.4, 0.5) is 0 Å². The number of phosphoric acid groups is 1. The van der Waals surface area contributed by atoms with Gasteiger partial charge in [-0.2, -0.15) is 0 Å². The van der Waals surface area contributed by atoms with Crippen LogP contribution in [-0.2, 0) is 32.8 Å². The predicted molar refractivity (Wildman–Crippen MR) is 43.4 cm³/mol. The van der Waals surface area contributed by atoms with E-state index in [4.69, 9.17) is 4.89 Å². The van der Waals surface area contributed by atoms with Crippen LogP contribution in [-0.4, -0.2) is 28.4 Å². The fourth-order valence-corrected chi connectivity index (χ4v) is 1.07. The Hall–Kier alpha value is -1.53. The first-order valence-corrected chi connectivity index (χ1v) is 4.97. The van der Waals surface area contributed by atoms with Crippen LogP contribution in [0.25, 0.3) is 0 Å². The zero-order chi connectivity index (χ0) is 12.2. The highest BCUT2D eigenvalue weighted by Crippen LogP contribution is 2.43. The summed E-state index contributed by atoms with van der Waals surface area (Å²) in [7, 11) is -5.05. The van der Waals surface area contributed by atoms with E-state index in [0.29, 0.717) is 0 Å². The summed E-state index contributed by atoms with van der Waals surface area (Å²) in [5.74, 6) is -5.58. The number of carbonyl (C=O) groups is 4. The van der Waals surface area contributed by atoms with Crippen LogP contribution in [0.1, 0.15) is 13.8 Å². The van der Waals surface area contributed by atoms with Crippen molar-refractivity contribution in [3.8, 4) is 0 Å². The molecular formula is C6H7O8P. The minimum Gasteiger partial charge on any atom is -0.355 e. The fraction of sp³-hybridized carbons (Fsp3) is 0.333. The quantitative estimate of drug-likeness (QED) is 0.506. The Labute approximate surface area is 83.8 Å². The van der Waals surface area contributed by atoms with E-state index in [1.807, 2.05) is 0 Å². The molecule has 0 aromatic carbocycles. The van der Waals surface area contributed by atoms with Gasteiger partial charge < -0.3 is 9.05 Å². The molecule has 0 aliphatic heterocycles. The molecule has 0 radical (unpaired) electrons. The van der Waals surface area contributed by atoms with E-state index >= 15 is 0 Å². The molecule has 9 heteroatoms. The number of hydrogen-bond donors (Lipinski definition) is 1. The standard InChI is InChI=1S/C6H7O8P/c1-3(7)5(9)13-15(11,12)14-6(10)4(2)8/h1-2H3,(H,11,12). The molecule has 0 aromatic heterocycles. The molecule has 0 spiro atoms. The SMILES string of the molecule is CC(=O)C(=O)OP(=O)(O)OC(=O)C(C)=O. The number of carbonyl (C=O) groups excluding carboxylic acids is 4. The highest BCUT2D eigenvalue weighted by Gasteiger charge is 2.33. The normalized spacial score (nSPS) is 10.3. The van der Waals surface area contributed by atoms with E-state index in [-0.39, 0.29) is 0 Å². The molecule has 8 nitrogen and oxygen atoms in total. The minimum absolute atomic E-state index is 0.787. The summed E-state index contributed by atoms with van der Waals surface area (Å²) in [6, 6.07) is 0. The van der Waals surface area contributed by atoms with Gasteiger partial charge in [0, 0.05) is 13.8 Å². The maximum atomic E-state index is 10.8. The minimum atomic E-state index is -5.05. The molecule has 0 atom stereocenters. The molecule has 0 bridgehead atoms. The van der Waals surface area contributed by atoms with E-state index in [1.165, 1.54) is 0 Å². The third-order valence-electron chi connectivity index (χ3n) is 0.971. The molecule has 0 saturated carbocycles. The van der Waals surface area contributed by atoms with Gasteiger partial charge in [-0.1, -0.05) is 0 Å². The maximum Gasteiger partial charge on any atom is 0.589 e. The lowest BCUT2D eigenvalue weighted by Gasteiger charge is -2.08. The Balaban J connectivity index is 4.51. The van der Waals surface area contributed by atoms with Crippen molar-refractivity contribution in [2.75, 3.05) is 0 Å². The van der Waals surface area contributed by atoms with Crippen molar-refractivity contribution in [3.63, 3.8) is 0 Å². The summed E-state index contributed by atoms with van der Waals surface area (Å²) in [4.78, 5) is 50.4. The summed E-state index contributed by atoms with van der Waals surface area (Å²) >= 11 is 0. The van der Waals surface area contributed by atoms with Crippen molar-refractivity contribution in [1.82, 2.24) is 0 Å². The molecule has 0 fully saturated rings. The second kappa shape index (κ2) is 4.81.